The van der Waals surface area contributed by atoms with Gasteiger partial charge in [-0.05, 0) is 49.1 Å². The molecule has 0 aliphatic heterocycles. The van der Waals surface area contributed by atoms with E-state index in [9.17, 15) is 9.59 Å². The van der Waals surface area contributed by atoms with Crippen LogP contribution in [0.4, 0.5) is 10.7 Å². The highest BCUT2D eigenvalue weighted by Crippen LogP contribution is 2.39. The van der Waals surface area contributed by atoms with Gasteiger partial charge < -0.3 is 15.0 Å². The van der Waals surface area contributed by atoms with Crippen molar-refractivity contribution in [1.82, 2.24) is 0 Å². The molecular formula is C18H20N2O3S. The van der Waals surface area contributed by atoms with Crippen molar-refractivity contribution in [2.45, 2.75) is 19.3 Å². The molecule has 1 aliphatic carbocycles. The minimum absolute atomic E-state index is 0.217. The summed E-state index contributed by atoms with van der Waals surface area (Å²) < 4.78 is 4.90. The number of thiophene rings is 1. The fourth-order valence-corrected chi connectivity index (χ4v) is 4.17. The van der Waals surface area contributed by atoms with Crippen LogP contribution in [-0.4, -0.2) is 33.1 Å². The topological polar surface area (TPSA) is 58.6 Å². The third-order valence-corrected chi connectivity index (χ3v) is 5.39. The van der Waals surface area contributed by atoms with Gasteiger partial charge in [0.15, 0.2) is 0 Å². The Hall–Kier alpha value is -2.34. The number of nitrogens with zero attached hydrogens (tertiary/aromatic N) is 1. The molecular weight excluding hydrogens is 324 g/mol. The van der Waals surface area contributed by atoms with Gasteiger partial charge in [0.05, 0.1) is 12.7 Å². The smallest absolute Gasteiger partial charge is 0.341 e. The minimum atomic E-state index is -0.382. The molecule has 1 aromatic carbocycles. The summed E-state index contributed by atoms with van der Waals surface area (Å²) in [5.41, 5.74) is 3.14. The number of hydrogen-bond donors (Lipinski definition) is 1. The normalized spacial score (nSPS) is 12.6. The molecule has 1 aliphatic rings. The van der Waals surface area contributed by atoms with Gasteiger partial charge in [-0.3, -0.25) is 4.79 Å². The van der Waals surface area contributed by atoms with Crippen LogP contribution in [-0.2, 0) is 17.6 Å². The highest BCUT2D eigenvalue weighted by molar-refractivity contribution is 7.17. The SMILES string of the molecule is COC(=O)c1c(NC(=O)c2ccc(N(C)C)cc2)sc2c1CCC2. The Balaban J connectivity index is 1.85. The van der Waals surface area contributed by atoms with Crippen molar-refractivity contribution in [3.05, 3.63) is 45.8 Å². The quantitative estimate of drug-likeness (QED) is 0.864. The molecule has 0 saturated heterocycles. The Bertz CT molecular complexity index is 778. The fourth-order valence-electron chi connectivity index (χ4n) is 2.90. The number of benzene rings is 1. The molecule has 1 N–H and O–H groups in total. The molecule has 0 atom stereocenters. The molecule has 0 radical (unpaired) electrons. The molecule has 0 spiro atoms. The van der Waals surface area contributed by atoms with Crippen LogP contribution in [0.15, 0.2) is 24.3 Å². The van der Waals surface area contributed by atoms with E-state index in [0.29, 0.717) is 16.1 Å². The standard InChI is InChI=1S/C18H20N2O3S/c1-20(2)12-9-7-11(8-10-12)16(21)19-17-15(18(22)23-3)13-5-4-6-14(13)24-17/h7-10H,4-6H2,1-3H3,(H,19,21). The first-order valence-electron chi connectivity index (χ1n) is 7.83. The van der Waals surface area contributed by atoms with Crippen molar-refractivity contribution in [1.29, 1.82) is 0 Å². The van der Waals surface area contributed by atoms with Crippen molar-refractivity contribution in [2.75, 3.05) is 31.4 Å². The maximum absolute atomic E-state index is 12.5. The van der Waals surface area contributed by atoms with Gasteiger partial charge in [-0.2, -0.15) is 0 Å². The van der Waals surface area contributed by atoms with E-state index in [1.54, 1.807) is 12.1 Å². The van der Waals surface area contributed by atoms with Gasteiger partial charge in [-0.1, -0.05) is 0 Å². The second-order valence-corrected chi connectivity index (χ2v) is 7.05. The minimum Gasteiger partial charge on any atom is -0.465 e. The first-order valence-corrected chi connectivity index (χ1v) is 8.64. The van der Waals surface area contributed by atoms with E-state index < -0.39 is 0 Å². The molecule has 126 valence electrons. The number of hydrogen-bond acceptors (Lipinski definition) is 5. The Morgan fingerprint density at radius 2 is 1.88 bits per heavy atom. The summed E-state index contributed by atoms with van der Waals surface area (Å²) in [6.45, 7) is 0. The lowest BCUT2D eigenvalue weighted by Crippen LogP contribution is -2.15. The maximum Gasteiger partial charge on any atom is 0.341 e. The van der Waals surface area contributed by atoms with E-state index in [1.165, 1.54) is 23.3 Å². The molecule has 1 amide bonds. The number of esters is 1. The van der Waals surface area contributed by atoms with Gasteiger partial charge in [0.1, 0.15) is 5.00 Å². The molecule has 24 heavy (non-hydrogen) atoms. The zero-order valence-corrected chi connectivity index (χ0v) is 14.8. The number of nitrogens with one attached hydrogen (secondary N) is 1. The van der Waals surface area contributed by atoms with E-state index in [2.05, 4.69) is 5.32 Å². The molecule has 0 fully saturated rings. The van der Waals surface area contributed by atoms with Gasteiger partial charge in [0.2, 0.25) is 0 Å². The predicted octanol–water partition coefficient (Wildman–Crippen LogP) is 3.34. The number of anilines is 2. The highest BCUT2D eigenvalue weighted by Gasteiger charge is 2.28. The molecule has 5 nitrogen and oxygen atoms in total. The lowest BCUT2D eigenvalue weighted by atomic mass is 10.1. The van der Waals surface area contributed by atoms with Gasteiger partial charge in [-0.25, -0.2) is 4.79 Å². The van der Waals surface area contributed by atoms with Gasteiger partial charge in [0, 0.05) is 30.2 Å². The van der Waals surface area contributed by atoms with Crippen molar-refractivity contribution >= 4 is 33.9 Å². The van der Waals surface area contributed by atoms with Crippen molar-refractivity contribution in [3.8, 4) is 0 Å². The maximum atomic E-state index is 12.5. The van der Waals surface area contributed by atoms with E-state index in [4.69, 9.17) is 4.74 Å². The predicted molar refractivity (Wildman–Crippen MR) is 96.4 cm³/mol. The average molecular weight is 344 g/mol. The van der Waals surface area contributed by atoms with Crippen LogP contribution < -0.4 is 10.2 Å². The summed E-state index contributed by atoms with van der Waals surface area (Å²) in [6.07, 6.45) is 2.87. The zero-order chi connectivity index (χ0) is 17.3. The number of carbonyl (C=O) groups excluding carboxylic acids is 2. The lowest BCUT2D eigenvalue weighted by molar-refractivity contribution is 0.0601. The zero-order valence-electron chi connectivity index (χ0n) is 14.0. The summed E-state index contributed by atoms with van der Waals surface area (Å²) in [6, 6.07) is 7.35. The van der Waals surface area contributed by atoms with Crippen molar-refractivity contribution in [2.24, 2.45) is 0 Å². The lowest BCUT2D eigenvalue weighted by Gasteiger charge is -2.12. The number of aryl methyl sites for hydroxylation is 1. The van der Waals surface area contributed by atoms with Crippen LogP contribution in [0.3, 0.4) is 0 Å². The Kier molecular flexibility index (Phi) is 4.57. The summed E-state index contributed by atoms with van der Waals surface area (Å²) in [5, 5.41) is 3.48. The van der Waals surface area contributed by atoms with Crippen LogP contribution in [0.1, 0.15) is 37.6 Å². The number of fused-ring (bicyclic) bond motifs is 1. The van der Waals surface area contributed by atoms with Gasteiger partial charge in [-0.15, -0.1) is 11.3 Å². The van der Waals surface area contributed by atoms with Gasteiger partial charge >= 0.3 is 5.97 Å². The molecule has 1 heterocycles. The summed E-state index contributed by atoms with van der Waals surface area (Å²) in [5.74, 6) is -0.599. The van der Waals surface area contributed by atoms with E-state index in [-0.39, 0.29) is 11.9 Å². The first kappa shape index (κ1) is 16.5. The summed E-state index contributed by atoms with van der Waals surface area (Å²) in [7, 11) is 5.27. The van der Waals surface area contributed by atoms with Crippen LogP contribution >= 0.6 is 11.3 Å². The van der Waals surface area contributed by atoms with Crippen LogP contribution in [0.2, 0.25) is 0 Å². The van der Waals surface area contributed by atoms with Crippen molar-refractivity contribution in [3.63, 3.8) is 0 Å². The Labute approximate surface area is 145 Å². The summed E-state index contributed by atoms with van der Waals surface area (Å²) >= 11 is 1.48. The molecule has 0 unspecified atom stereocenters. The van der Waals surface area contributed by atoms with E-state index in [0.717, 1.165) is 30.5 Å². The van der Waals surface area contributed by atoms with Crippen LogP contribution in [0.25, 0.3) is 0 Å². The monoisotopic (exact) mass is 344 g/mol. The molecule has 0 bridgehead atoms. The fraction of sp³-hybridized carbons (Fsp3) is 0.333. The largest absolute Gasteiger partial charge is 0.465 e. The number of carbonyl (C=O) groups is 2. The molecule has 0 saturated carbocycles. The number of rotatable bonds is 4. The molecule has 3 rings (SSSR count). The van der Waals surface area contributed by atoms with Crippen LogP contribution in [0, 0.1) is 0 Å². The molecule has 1 aromatic heterocycles. The Morgan fingerprint density at radius 3 is 2.50 bits per heavy atom. The average Bonchev–Trinajstić information content (AvgIpc) is 3.14. The van der Waals surface area contributed by atoms with Gasteiger partial charge in [0.25, 0.3) is 5.91 Å². The third kappa shape index (κ3) is 3.01. The van der Waals surface area contributed by atoms with E-state index in [1.807, 2.05) is 31.1 Å². The van der Waals surface area contributed by atoms with Crippen LogP contribution in [0.5, 0.6) is 0 Å². The second-order valence-electron chi connectivity index (χ2n) is 5.95. The van der Waals surface area contributed by atoms with Crippen molar-refractivity contribution < 1.29 is 14.3 Å². The van der Waals surface area contributed by atoms with E-state index >= 15 is 0 Å². The summed E-state index contributed by atoms with van der Waals surface area (Å²) in [4.78, 5) is 27.8. The molecule has 2 aromatic rings. The first-order chi connectivity index (χ1) is 11.5. The second kappa shape index (κ2) is 6.65. The Morgan fingerprint density at radius 1 is 1.17 bits per heavy atom. The number of methoxy groups -OCH3 is 1. The molecule has 6 heteroatoms. The highest BCUT2D eigenvalue weighted by atomic mass is 32.1. The third-order valence-electron chi connectivity index (χ3n) is 4.18. The number of amides is 1. The number of ether oxygens (including phenoxy) is 1.